The topological polar surface area (TPSA) is 77.5 Å². The van der Waals surface area contributed by atoms with Crippen LogP contribution in [-0.2, 0) is 14.3 Å². The number of hydrogen-bond donors (Lipinski definition) is 1. The van der Waals surface area contributed by atoms with E-state index in [1.807, 2.05) is 0 Å². The molecule has 0 spiro atoms. The molecule has 1 aromatic carbocycles. The lowest BCUT2D eigenvalue weighted by atomic mass is 10.1. The lowest BCUT2D eigenvalue weighted by Crippen LogP contribution is -2.06. The van der Waals surface area contributed by atoms with E-state index in [9.17, 15) is 4.79 Å². The van der Waals surface area contributed by atoms with Crippen molar-refractivity contribution in [3.63, 3.8) is 0 Å². The number of methoxy groups -OCH3 is 1. The number of carbonyl (C=O) groups excluding carboxylic acids is 1. The fourth-order valence-corrected chi connectivity index (χ4v) is 1.71. The molecule has 120 valence electrons. The molecule has 0 radical (unpaired) electrons. The lowest BCUT2D eigenvalue weighted by molar-refractivity contribution is -0.134. The average Bonchev–Trinajstić information content (AvgIpc) is 3.36. The molecular formula is C16H20O6. The third-order valence-electron chi connectivity index (χ3n) is 2.98. The van der Waals surface area contributed by atoms with Gasteiger partial charge in [-0.2, -0.15) is 0 Å². The number of aliphatic hydroxyl groups excluding tert-OH is 1. The van der Waals surface area contributed by atoms with Gasteiger partial charge in [0.1, 0.15) is 24.2 Å². The highest BCUT2D eigenvalue weighted by Crippen LogP contribution is 2.27. The number of hydrogen-bond acceptors (Lipinski definition) is 6. The Hall–Kier alpha value is -2.05. The molecule has 0 aromatic heterocycles. The average molecular weight is 308 g/mol. The summed E-state index contributed by atoms with van der Waals surface area (Å²) in [5.74, 6) is 0.848. The van der Waals surface area contributed by atoms with Crippen LogP contribution in [0.15, 0.2) is 24.3 Å². The van der Waals surface area contributed by atoms with Crippen LogP contribution in [0.25, 0.3) is 6.08 Å². The molecule has 0 saturated carbocycles. The number of esters is 1. The quantitative estimate of drug-likeness (QED) is 0.322. The minimum atomic E-state index is -0.442. The SMILES string of the molecule is COC(=O)/C=C/c1cc(OCCCO)ccc1OCC1CO1. The predicted molar refractivity (Wildman–Crippen MR) is 79.9 cm³/mol. The van der Waals surface area contributed by atoms with Gasteiger partial charge in [0.15, 0.2) is 0 Å². The summed E-state index contributed by atoms with van der Waals surface area (Å²) in [4.78, 5) is 11.2. The summed E-state index contributed by atoms with van der Waals surface area (Å²) in [6.07, 6.45) is 3.66. The lowest BCUT2D eigenvalue weighted by Gasteiger charge is -2.11. The number of epoxide rings is 1. The molecule has 1 heterocycles. The molecule has 0 bridgehead atoms. The Morgan fingerprint density at radius 2 is 2.27 bits per heavy atom. The first-order valence-corrected chi connectivity index (χ1v) is 7.11. The van der Waals surface area contributed by atoms with Crippen molar-refractivity contribution in [2.75, 3.05) is 33.5 Å². The first-order valence-electron chi connectivity index (χ1n) is 7.11. The Bertz CT molecular complexity index is 521. The number of rotatable bonds is 9. The Morgan fingerprint density at radius 3 is 2.95 bits per heavy atom. The molecule has 1 saturated heterocycles. The van der Waals surface area contributed by atoms with E-state index < -0.39 is 5.97 Å². The molecule has 22 heavy (non-hydrogen) atoms. The number of benzene rings is 1. The summed E-state index contributed by atoms with van der Waals surface area (Å²) in [6.45, 7) is 1.70. The predicted octanol–water partition coefficient (Wildman–Crippen LogP) is 1.41. The van der Waals surface area contributed by atoms with E-state index in [4.69, 9.17) is 19.3 Å². The van der Waals surface area contributed by atoms with Gasteiger partial charge >= 0.3 is 5.97 Å². The third-order valence-corrected chi connectivity index (χ3v) is 2.98. The Balaban J connectivity index is 2.08. The molecule has 6 nitrogen and oxygen atoms in total. The van der Waals surface area contributed by atoms with Crippen molar-refractivity contribution in [3.05, 3.63) is 29.8 Å². The van der Waals surface area contributed by atoms with Crippen LogP contribution in [0.4, 0.5) is 0 Å². The molecule has 2 rings (SSSR count). The molecule has 1 aliphatic heterocycles. The highest BCUT2D eigenvalue weighted by Gasteiger charge is 2.23. The summed E-state index contributed by atoms with van der Waals surface area (Å²) in [5, 5.41) is 8.77. The molecule has 1 fully saturated rings. The van der Waals surface area contributed by atoms with Gasteiger partial charge in [-0.15, -0.1) is 0 Å². The number of carbonyl (C=O) groups is 1. The van der Waals surface area contributed by atoms with E-state index >= 15 is 0 Å². The van der Waals surface area contributed by atoms with Crippen LogP contribution in [0, 0.1) is 0 Å². The zero-order chi connectivity index (χ0) is 15.8. The van der Waals surface area contributed by atoms with Crippen LogP contribution in [0.3, 0.4) is 0 Å². The second-order valence-electron chi connectivity index (χ2n) is 4.75. The van der Waals surface area contributed by atoms with Gasteiger partial charge in [-0.3, -0.25) is 0 Å². The van der Waals surface area contributed by atoms with Gasteiger partial charge in [0.05, 0.1) is 20.3 Å². The second-order valence-corrected chi connectivity index (χ2v) is 4.75. The monoisotopic (exact) mass is 308 g/mol. The van der Waals surface area contributed by atoms with Crippen molar-refractivity contribution in [1.29, 1.82) is 0 Å². The fourth-order valence-electron chi connectivity index (χ4n) is 1.71. The van der Waals surface area contributed by atoms with E-state index in [-0.39, 0.29) is 12.7 Å². The standard InChI is InChI=1S/C16H20O6/c1-19-16(18)6-3-12-9-13(20-8-2-7-17)4-5-15(12)22-11-14-10-21-14/h3-6,9,14,17H,2,7-8,10-11H2,1H3/b6-3+. The summed E-state index contributed by atoms with van der Waals surface area (Å²) >= 11 is 0. The molecule has 1 N–H and O–H groups in total. The zero-order valence-electron chi connectivity index (χ0n) is 12.5. The highest BCUT2D eigenvalue weighted by atomic mass is 16.6. The summed E-state index contributed by atoms with van der Waals surface area (Å²) < 4.78 is 20.9. The summed E-state index contributed by atoms with van der Waals surface area (Å²) in [5.41, 5.74) is 0.715. The van der Waals surface area contributed by atoms with Crippen LogP contribution in [0.1, 0.15) is 12.0 Å². The van der Waals surface area contributed by atoms with Gasteiger partial charge in [0.2, 0.25) is 0 Å². The summed E-state index contributed by atoms with van der Waals surface area (Å²) in [7, 11) is 1.32. The van der Waals surface area contributed by atoms with Gasteiger partial charge in [-0.05, 0) is 24.3 Å². The van der Waals surface area contributed by atoms with Gasteiger partial charge in [-0.25, -0.2) is 4.79 Å². The number of ether oxygens (including phenoxy) is 4. The van der Waals surface area contributed by atoms with Crippen LogP contribution in [0.5, 0.6) is 11.5 Å². The molecule has 0 amide bonds. The van der Waals surface area contributed by atoms with Crippen LogP contribution in [-0.4, -0.2) is 50.7 Å². The Kier molecular flexibility index (Phi) is 6.24. The maximum Gasteiger partial charge on any atom is 0.330 e. The first kappa shape index (κ1) is 16.3. The maximum absolute atomic E-state index is 11.2. The largest absolute Gasteiger partial charge is 0.493 e. The van der Waals surface area contributed by atoms with E-state index in [0.29, 0.717) is 36.7 Å². The van der Waals surface area contributed by atoms with Crippen LogP contribution in [0.2, 0.25) is 0 Å². The zero-order valence-corrected chi connectivity index (χ0v) is 12.5. The minimum Gasteiger partial charge on any atom is -0.493 e. The van der Waals surface area contributed by atoms with Gasteiger partial charge in [-0.1, -0.05) is 0 Å². The smallest absolute Gasteiger partial charge is 0.330 e. The maximum atomic E-state index is 11.2. The molecule has 1 aromatic rings. The van der Waals surface area contributed by atoms with Crippen LogP contribution >= 0.6 is 0 Å². The molecule has 1 atom stereocenters. The van der Waals surface area contributed by atoms with Gasteiger partial charge < -0.3 is 24.1 Å². The van der Waals surface area contributed by atoms with Crippen molar-refractivity contribution in [1.82, 2.24) is 0 Å². The van der Waals surface area contributed by atoms with Crippen molar-refractivity contribution >= 4 is 12.0 Å². The van der Waals surface area contributed by atoms with Crippen molar-refractivity contribution in [3.8, 4) is 11.5 Å². The normalized spacial score (nSPS) is 16.5. The van der Waals surface area contributed by atoms with Crippen molar-refractivity contribution in [2.24, 2.45) is 0 Å². The van der Waals surface area contributed by atoms with E-state index in [2.05, 4.69) is 4.74 Å². The minimum absolute atomic E-state index is 0.0810. The Labute approximate surface area is 129 Å². The van der Waals surface area contributed by atoms with Crippen molar-refractivity contribution < 1.29 is 28.8 Å². The van der Waals surface area contributed by atoms with E-state index in [1.165, 1.54) is 13.2 Å². The first-order chi connectivity index (χ1) is 10.7. The fraction of sp³-hybridized carbons (Fsp3) is 0.438. The van der Waals surface area contributed by atoms with Crippen molar-refractivity contribution in [2.45, 2.75) is 12.5 Å². The van der Waals surface area contributed by atoms with Gasteiger partial charge in [0.25, 0.3) is 0 Å². The Morgan fingerprint density at radius 1 is 1.45 bits per heavy atom. The molecule has 1 aliphatic rings. The number of aliphatic hydroxyl groups is 1. The van der Waals surface area contributed by atoms with E-state index in [0.717, 1.165) is 6.61 Å². The molecule has 6 heteroatoms. The van der Waals surface area contributed by atoms with E-state index in [1.54, 1.807) is 24.3 Å². The van der Waals surface area contributed by atoms with Gasteiger partial charge in [0, 0.05) is 24.7 Å². The molecule has 1 unspecified atom stereocenters. The molecular weight excluding hydrogens is 288 g/mol. The molecule has 0 aliphatic carbocycles. The highest BCUT2D eigenvalue weighted by molar-refractivity contribution is 5.87. The van der Waals surface area contributed by atoms with Crippen LogP contribution < -0.4 is 9.47 Å². The third kappa shape index (κ3) is 5.38. The second kappa shape index (κ2) is 8.41. The summed E-state index contributed by atoms with van der Waals surface area (Å²) in [6, 6.07) is 5.35.